The number of nitrogens with one attached hydrogen (secondary N) is 1. The van der Waals surface area contributed by atoms with Crippen LogP contribution in [0, 0.1) is 6.92 Å². The number of aromatic nitrogens is 2. The third-order valence-electron chi connectivity index (χ3n) is 4.52. The van der Waals surface area contributed by atoms with Gasteiger partial charge in [0.25, 0.3) is 11.8 Å². The molecule has 2 aromatic rings. The molecular weight excluding hydrogens is 324 g/mol. The fourth-order valence-corrected chi connectivity index (χ4v) is 3.28. The number of aryl methyl sites for hydroxylation is 1. The lowest BCUT2D eigenvalue weighted by Crippen LogP contribution is -2.37. The molecule has 0 bridgehead atoms. The van der Waals surface area contributed by atoms with E-state index in [2.05, 4.69) is 15.5 Å². The Morgan fingerprint density at radius 2 is 2.24 bits per heavy atom. The summed E-state index contributed by atoms with van der Waals surface area (Å²) in [7, 11) is 0. The Morgan fingerprint density at radius 3 is 3.00 bits per heavy atom. The van der Waals surface area contributed by atoms with Crippen LogP contribution in [0.1, 0.15) is 47.9 Å². The van der Waals surface area contributed by atoms with Crippen LogP contribution in [-0.4, -0.2) is 39.5 Å². The highest BCUT2D eigenvalue weighted by Crippen LogP contribution is 2.37. The summed E-state index contributed by atoms with van der Waals surface area (Å²) in [6.07, 6.45) is 1.01. The zero-order valence-electron chi connectivity index (χ0n) is 14.0. The molecule has 3 heterocycles. The van der Waals surface area contributed by atoms with E-state index in [-0.39, 0.29) is 17.9 Å². The van der Waals surface area contributed by atoms with Crippen molar-refractivity contribution in [2.75, 3.05) is 11.9 Å². The number of anilines is 1. The van der Waals surface area contributed by atoms with Crippen molar-refractivity contribution in [1.82, 2.24) is 15.0 Å². The van der Waals surface area contributed by atoms with Crippen molar-refractivity contribution in [2.24, 2.45) is 0 Å². The number of fused-ring (bicyclic) bond motifs is 1. The maximum Gasteiger partial charge on any atom is 0.265 e. The van der Waals surface area contributed by atoms with Crippen LogP contribution in [0.5, 0.6) is 5.75 Å². The highest BCUT2D eigenvalue weighted by atomic mass is 16.5. The Labute approximate surface area is 144 Å². The van der Waals surface area contributed by atoms with Crippen LogP contribution in [0.2, 0.25) is 0 Å². The molecule has 8 nitrogen and oxygen atoms in total. The number of ether oxygens (including phenoxy) is 1. The van der Waals surface area contributed by atoms with Crippen molar-refractivity contribution in [2.45, 2.75) is 38.8 Å². The largest absolute Gasteiger partial charge is 0.478 e. The second-order valence-corrected chi connectivity index (χ2v) is 6.26. The molecule has 130 valence electrons. The molecule has 1 fully saturated rings. The molecule has 0 aliphatic carbocycles. The second kappa shape index (κ2) is 5.87. The van der Waals surface area contributed by atoms with Crippen molar-refractivity contribution in [3.63, 3.8) is 0 Å². The number of carbonyl (C=O) groups excluding carboxylic acids is 2. The molecule has 0 unspecified atom stereocenters. The van der Waals surface area contributed by atoms with Crippen LogP contribution in [0.25, 0.3) is 0 Å². The van der Waals surface area contributed by atoms with E-state index in [1.165, 1.54) is 0 Å². The first-order chi connectivity index (χ1) is 12.0. The molecule has 1 N–H and O–H groups in total. The number of amides is 2. The number of hydrogen-bond acceptors (Lipinski definition) is 6. The Hall–Kier alpha value is -2.90. The lowest BCUT2D eigenvalue weighted by atomic mass is 10.1. The van der Waals surface area contributed by atoms with Gasteiger partial charge in [0.2, 0.25) is 5.89 Å². The third-order valence-corrected chi connectivity index (χ3v) is 4.52. The molecule has 4 rings (SSSR count). The molecule has 2 aliphatic heterocycles. The predicted octanol–water partition coefficient (Wildman–Crippen LogP) is 2.07. The summed E-state index contributed by atoms with van der Waals surface area (Å²) in [5, 5.41) is 6.73. The maximum absolute atomic E-state index is 13.1. The van der Waals surface area contributed by atoms with Crippen molar-refractivity contribution < 1.29 is 18.8 Å². The summed E-state index contributed by atoms with van der Waals surface area (Å²) in [5.41, 5.74) is 0.941. The number of nitrogens with zero attached hydrogens (tertiary/aromatic N) is 3. The monoisotopic (exact) mass is 342 g/mol. The van der Waals surface area contributed by atoms with Gasteiger partial charge >= 0.3 is 0 Å². The van der Waals surface area contributed by atoms with Crippen LogP contribution >= 0.6 is 0 Å². The third kappa shape index (κ3) is 2.63. The van der Waals surface area contributed by atoms with Crippen LogP contribution in [0.3, 0.4) is 0 Å². The van der Waals surface area contributed by atoms with Gasteiger partial charge in [0.15, 0.2) is 17.7 Å². The lowest BCUT2D eigenvalue weighted by Gasteiger charge is -2.28. The molecular formula is C17H18N4O4. The molecule has 25 heavy (non-hydrogen) atoms. The molecule has 8 heteroatoms. The molecule has 2 atom stereocenters. The van der Waals surface area contributed by atoms with Gasteiger partial charge in [-0.25, -0.2) is 0 Å². The van der Waals surface area contributed by atoms with Crippen LogP contribution in [0.4, 0.5) is 5.69 Å². The van der Waals surface area contributed by atoms with Crippen molar-refractivity contribution in [3.05, 3.63) is 35.5 Å². The van der Waals surface area contributed by atoms with Gasteiger partial charge in [0.05, 0.1) is 17.3 Å². The normalized spacial score (nSPS) is 22.3. The molecule has 0 saturated carbocycles. The van der Waals surface area contributed by atoms with E-state index in [0.717, 1.165) is 12.8 Å². The topological polar surface area (TPSA) is 97.6 Å². The van der Waals surface area contributed by atoms with Crippen LogP contribution < -0.4 is 10.1 Å². The Bertz CT molecular complexity index is 847. The Morgan fingerprint density at radius 1 is 1.40 bits per heavy atom. The van der Waals surface area contributed by atoms with Gasteiger partial charge in [-0.2, -0.15) is 4.98 Å². The maximum atomic E-state index is 13.1. The van der Waals surface area contributed by atoms with E-state index in [1.54, 1.807) is 36.9 Å². The smallest absolute Gasteiger partial charge is 0.265 e. The molecule has 0 radical (unpaired) electrons. The highest BCUT2D eigenvalue weighted by Gasteiger charge is 2.36. The highest BCUT2D eigenvalue weighted by molar-refractivity contribution is 6.04. The molecule has 1 aromatic heterocycles. The number of likely N-dealkylation sites (tertiary alicyclic amines) is 1. The van der Waals surface area contributed by atoms with E-state index in [1.807, 2.05) is 0 Å². The summed E-state index contributed by atoms with van der Waals surface area (Å²) in [6.45, 7) is 3.99. The van der Waals surface area contributed by atoms with E-state index < -0.39 is 6.10 Å². The summed E-state index contributed by atoms with van der Waals surface area (Å²) >= 11 is 0. The van der Waals surface area contributed by atoms with Crippen LogP contribution in [-0.2, 0) is 4.79 Å². The fraction of sp³-hybridized carbons (Fsp3) is 0.412. The van der Waals surface area contributed by atoms with Gasteiger partial charge in [-0.05, 0) is 31.9 Å². The van der Waals surface area contributed by atoms with Gasteiger partial charge in [-0.1, -0.05) is 11.2 Å². The van der Waals surface area contributed by atoms with Gasteiger partial charge in [-0.3, -0.25) is 9.59 Å². The summed E-state index contributed by atoms with van der Waals surface area (Å²) in [6, 6.07) is 4.95. The second-order valence-electron chi connectivity index (χ2n) is 6.26. The lowest BCUT2D eigenvalue weighted by molar-refractivity contribution is -0.122. The summed E-state index contributed by atoms with van der Waals surface area (Å²) in [4.78, 5) is 30.9. The fourth-order valence-electron chi connectivity index (χ4n) is 3.28. The summed E-state index contributed by atoms with van der Waals surface area (Å²) < 4.78 is 10.7. The average Bonchev–Trinajstić information content (AvgIpc) is 3.23. The van der Waals surface area contributed by atoms with Gasteiger partial charge in [0.1, 0.15) is 0 Å². The molecule has 0 spiro atoms. The Balaban J connectivity index is 1.67. The van der Waals surface area contributed by atoms with Crippen LogP contribution in [0.15, 0.2) is 22.7 Å². The van der Waals surface area contributed by atoms with Gasteiger partial charge in [0, 0.05) is 13.5 Å². The minimum absolute atomic E-state index is 0.162. The number of rotatable bonds is 2. The SMILES string of the molecule is Cc1nc([C@H]2CCCN2C(=O)c2cccc3c2O[C@H](C)C(=O)N3)no1. The zero-order chi connectivity index (χ0) is 17.6. The number of benzene rings is 1. The Kier molecular flexibility index (Phi) is 3.67. The van der Waals surface area contributed by atoms with Gasteiger partial charge < -0.3 is 19.5 Å². The minimum atomic E-state index is -0.643. The van der Waals surface area contributed by atoms with Crippen molar-refractivity contribution >= 4 is 17.5 Å². The minimum Gasteiger partial charge on any atom is -0.478 e. The first kappa shape index (κ1) is 15.6. The molecule has 2 aliphatic rings. The number of para-hydroxylation sites is 1. The molecule has 1 saturated heterocycles. The van der Waals surface area contributed by atoms with E-state index in [0.29, 0.717) is 35.3 Å². The first-order valence-corrected chi connectivity index (χ1v) is 8.26. The van der Waals surface area contributed by atoms with Crippen molar-refractivity contribution in [1.29, 1.82) is 0 Å². The molecule has 2 amide bonds. The summed E-state index contributed by atoms with van der Waals surface area (Å²) in [5.74, 6) is 1.03. The molecule has 1 aromatic carbocycles. The predicted molar refractivity (Wildman–Crippen MR) is 87.2 cm³/mol. The quantitative estimate of drug-likeness (QED) is 0.897. The standard InChI is InChI=1S/C17H18N4O4/c1-9-16(22)19-12-6-3-5-11(14(12)24-9)17(23)21-8-4-7-13(21)15-18-10(2)25-20-15/h3,5-6,9,13H,4,7-8H2,1-2H3,(H,19,22)/t9-,13-/m1/s1. The van der Waals surface area contributed by atoms with E-state index in [9.17, 15) is 9.59 Å². The van der Waals surface area contributed by atoms with Gasteiger partial charge in [-0.15, -0.1) is 0 Å². The van der Waals surface area contributed by atoms with E-state index >= 15 is 0 Å². The first-order valence-electron chi connectivity index (χ1n) is 8.26. The van der Waals surface area contributed by atoms with Crippen molar-refractivity contribution in [3.8, 4) is 5.75 Å². The number of hydrogen-bond donors (Lipinski definition) is 1. The number of carbonyl (C=O) groups is 2. The zero-order valence-corrected chi connectivity index (χ0v) is 14.0. The van der Waals surface area contributed by atoms with E-state index in [4.69, 9.17) is 9.26 Å². The average molecular weight is 342 g/mol.